The van der Waals surface area contributed by atoms with Crippen molar-refractivity contribution in [3.05, 3.63) is 18.5 Å². The Hall–Kier alpha value is -0.460. The first-order chi connectivity index (χ1) is 8.05. The molecule has 2 rings (SSSR count). The van der Waals surface area contributed by atoms with Crippen LogP contribution in [-0.4, -0.2) is 40.5 Å². The molecule has 0 aliphatic carbocycles. The molecule has 112 valence electrons. The monoisotopic (exact) mass is 319 g/mol. The van der Waals surface area contributed by atoms with E-state index in [1.54, 1.807) is 10.9 Å². The molecule has 0 atom stereocenters. The minimum absolute atomic E-state index is 0. The Morgan fingerprint density at radius 2 is 1.74 bits per heavy atom. The number of hydrogen-bond donors (Lipinski definition) is 0. The van der Waals surface area contributed by atoms with E-state index in [9.17, 15) is 13.2 Å². The lowest BCUT2D eigenvalue weighted by Gasteiger charge is -2.32. The van der Waals surface area contributed by atoms with Crippen LogP contribution in [-0.2, 0) is 6.54 Å². The fourth-order valence-electron chi connectivity index (χ4n) is 2.16. The van der Waals surface area contributed by atoms with Gasteiger partial charge in [0.15, 0.2) is 0 Å². The summed E-state index contributed by atoms with van der Waals surface area (Å²) >= 11 is 0. The Labute approximate surface area is 123 Å². The SMILES string of the molecule is Cl.Cl.FC(F)(F)C1CCN(CCn2cccn2)CC1. The molecule has 19 heavy (non-hydrogen) atoms. The van der Waals surface area contributed by atoms with Gasteiger partial charge in [-0.15, -0.1) is 24.8 Å². The van der Waals surface area contributed by atoms with Gasteiger partial charge in [-0.2, -0.15) is 18.3 Å². The molecule has 1 aromatic heterocycles. The first kappa shape index (κ1) is 18.5. The molecule has 0 unspecified atom stereocenters. The Morgan fingerprint density at radius 1 is 1.11 bits per heavy atom. The number of aromatic nitrogens is 2. The second-order valence-corrected chi connectivity index (χ2v) is 4.43. The van der Waals surface area contributed by atoms with Crippen LogP contribution in [0.1, 0.15) is 12.8 Å². The third-order valence-electron chi connectivity index (χ3n) is 3.26. The maximum atomic E-state index is 12.4. The smallest absolute Gasteiger partial charge is 0.301 e. The summed E-state index contributed by atoms with van der Waals surface area (Å²) in [5, 5.41) is 4.06. The molecule has 0 radical (unpaired) electrons. The van der Waals surface area contributed by atoms with Crippen LogP contribution in [0, 0.1) is 5.92 Å². The van der Waals surface area contributed by atoms with E-state index in [1.165, 1.54) is 0 Å². The highest BCUT2D eigenvalue weighted by atomic mass is 35.5. The van der Waals surface area contributed by atoms with Gasteiger partial charge in [-0.3, -0.25) is 4.68 Å². The van der Waals surface area contributed by atoms with E-state index in [1.807, 2.05) is 12.3 Å². The summed E-state index contributed by atoms with van der Waals surface area (Å²) < 4.78 is 39.1. The fourth-order valence-corrected chi connectivity index (χ4v) is 2.16. The predicted molar refractivity (Wildman–Crippen MR) is 71.9 cm³/mol. The van der Waals surface area contributed by atoms with Gasteiger partial charge in [0.2, 0.25) is 0 Å². The molecule has 1 aromatic rings. The van der Waals surface area contributed by atoms with Crippen LogP contribution in [0.3, 0.4) is 0 Å². The van der Waals surface area contributed by atoms with E-state index in [-0.39, 0.29) is 37.7 Å². The van der Waals surface area contributed by atoms with Crippen LogP contribution in [0.5, 0.6) is 0 Å². The number of rotatable bonds is 3. The molecule has 1 fully saturated rings. The zero-order chi connectivity index (χ0) is 12.3. The molecule has 0 amide bonds. The number of nitrogens with zero attached hydrogens (tertiary/aromatic N) is 3. The van der Waals surface area contributed by atoms with Gasteiger partial charge >= 0.3 is 6.18 Å². The van der Waals surface area contributed by atoms with E-state index in [4.69, 9.17) is 0 Å². The normalized spacial score (nSPS) is 17.6. The van der Waals surface area contributed by atoms with Gasteiger partial charge in [-0.25, -0.2) is 0 Å². The number of piperidine rings is 1. The summed E-state index contributed by atoms with van der Waals surface area (Å²) in [6.07, 6.45) is -0.00234. The van der Waals surface area contributed by atoms with Crippen molar-refractivity contribution < 1.29 is 13.2 Å². The summed E-state index contributed by atoms with van der Waals surface area (Å²) in [6, 6.07) is 1.84. The maximum Gasteiger partial charge on any atom is 0.391 e. The molecule has 0 saturated carbocycles. The molecule has 1 aliphatic rings. The zero-order valence-corrected chi connectivity index (χ0v) is 12.0. The third-order valence-corrected chi connectivity index (χ3v) is 3.26. The molecule has 2 heterocycles. The number of halogens is 5. The summed E-state index contributed by atoms with van der Waals surface area (Å²) in [4.78, 5) is 2.07. The van der Waals surface area contributed by atoms with Crippen LogP contribution in [0.15, 0.2) is 18.5 Å². The molecule has 1 saturated heterocycles. The lowest BCUT2D eigenvalue weighted by Crippen LogP contribution is -2.40. The average Bonchev–Trinajstić information content (AvgIpc) is 2.78. The minimum atomic E-state index is -4.02. The van der Waals surface area contributed by atoms with Crippen LogP contribution < -0.4 is 0 Å². The molecule has 1 aliphatic heterocycles. The number of likely N-dealkylation sites (tertiary alicyclic amines) is 1. The second-order valence-electron chi connectivity index (χ2n) is 4.43. The lowest BCUT2D eigenvalue weighted by atomic mass is 9.96. The predicted octanol–water partition coefficient (Wildman–Crippen LogP) is 3.00. The van der Waals surface area contributed by atoms with Crippen molar-refractivity contribution in [1.82, 2.24) is 14.7 Å². The number of hydrogen-bond acceptors (Lipinski definition) is 2. The van der Waals surface area contributed by atoms with Crippen molar-refractivity contribution in [3.63, 3.8) is 0 Å². The fraction of sp³-hybridized carbons (Fsp3) is 0.727. The number of alkyl halides is 3. The van der Waals surface area contributed by atoms with Gasteiger partial charge in [0.1, 0.15) is 0 Å². The topological polar surface area (TPSA) is 21.1 Å². The van der Waals surface area contributed by atoms with E-state index in [2.05, 4.69) is 10.00 Å². The molecule has 0 bridgehead atoms. The maximum absolute atomic E-state index is 12.4. The highest BCUT2D eigenvalue weighted by Gasteiger charge is 2.40. The van der Waals surface area contributed by atoms with E-state index >= 15 is 0 Å². The Balaban J connectivity index is 0.00000162. The molecule has 8 heteroatoms. The van der Waals surface area contributed by atoms with Crippen LogP contribution in [0.2, 0.25) is 0 Å². The lowest BCUT2D eigenvalue weighted by molar-refractivity contribution is -0.185. The van der Waals surface area contributed by atoms with Crippen LogP contribution >= 0.6 is 24.8 Å². The van der Waals surface area contributed by atoms with Crippen molar-refractivity contribution in [2.24, 2.45) is 5.92 Å². The van der Waals surface area contributed by atoms with Gasteiger partial charge in [-0.05, 0) is 32.0 Å². The third kappa shape index (κ3) is 5.58. The van der Waals surface area contributed by atoms with E-state index < -0.39 is 12.1 Å². The van der Waals surface area contributed by atoms with Gasteiger partial charge in [0.05, 0.1) is 12.5 Å². The van der Waals surface area contributed by atoms with E-state index in [0.29, 0.717) is 13.1 Å². The van der Waals surface area contributed by atoms with Gasteiger partial charge < -0.3 is 4.90 Å². The Morgan fingerprint density at radius 3 is 2.21 bits per heavy atom. The molecule has 0 spiro atoms. The van der Waals surface area contributed by atoms with Crippen molar-refractivity contribution in [2.45, 2.75) is 25.6 Å². The van der Waals surface area contributed by atoms with Gasteiger partial charge in [0.25, 0.3) is 0 Å². The molecule has 3 nitrogen and oxygen atoms in total. The second kappa shape index (κ2) is 7.97. The average molecular weight is 320 g/mol. The first-order valence-electron chi connectivity index (χ1n) is 5.82. The van der Waals surface area contributed by atoms with Crippen molar-refractivity contribution in [1.29, 1.82) is 0 Å². The van der Waals surface area contributed by atoms with Crippen molar-refractivity contribution >= 4 is 24.8 Å². The minimum Gasteiger partial charge on any atom is -0.301 e. The standard InChI is InChI=1S/C11H16F3N3.2ClH/c12-11(13,14)10-2-6-16(7-3-10)8-9-17-5-1-4-15-17;;/h1,4-5,10H,2-3,6-9H2;2*1H. The summed E-state index contributed by atoms with van der Waals surface area (Å²) in [6.45, 7) is 2.58. The van der Waals surface area contributed by atoms with Gasteiger partial charge in [0, 0.05) is 18.9 Å². The van der Waals surface area contributed by atoms with Crippen molar-refractivity contribution in [3.8, 4) is 0 Å². The molecular formula is C11H18Cl2F3N3. The zero-order valence-electron chi connectivity index (χ0n) is 10.3. The quantitative estimate of drug-likeness (QED) is 0.854. The van der Waals surface area contributed by atoms with E-state index in [0.717, 1.165) is 13.1 Å². The van der Waals surface area contributed by atoms with Crippen molar-refractivity contribution in [2.75, 3.05) is 19.6 Å². The first-order valence-corrected chi connectivity index (χ1v) is 5.82. The summed E-state index contributed by atoms with van der Waals surface area (Å²) in [7, 11) is 0. The molecule has 0 N–H and O–H groups in total. The largest absolute Gasteiger partial charge is 0.391 e. The molecule has 0 aromatic carbocycles. The molecular weight excluding hydrogens is 302 g/mol. The Kier molecular flexibility index (Phi) is 7.78. The van der Waals surface area contributed by atoms with Crippen LogP contribution in [0.4, 0.5) is 13.2 Å². The highest BCUT2D eigenvalue weighted by molar-refractivity contribution is 5.85. The van der Waals surface area contributed by atoms with Crippen LogP contribution in [0.25, 0.3) is 0 Å². The summed E-state index contributed by atoms with van der Waals surface area (Å²) in [5.74, 6) is -1.11. The summed E-state index contributed by atoms with van der Waals surface area (Å²) in [5.41, 5.74) is 0. The van der Waals surface area contributed by atoms with Gasteiger partial charge in [-0.1, -0.05) is 0 Å². The Bertz CT molecular complexity index is 335. The highest BCUT2D eigenvalue weighted by Crippen LogP contribution is 2.33.